The molecule has 54 heavy (non-hydrogen) atoms. The van der Waals surface area contributed by atoms with E-state index in [1.807, 2.05) is 0 Å². The zero-order valence-electron chi connectivity index (χ0n) is 30.3. The van der Waals surface area contributed by atoms with E-state index in [-0.39, 0.29) is 56.6 Å². The van der Waals surface area contributed by atoms with Crippen molar-refractivity contribution in [2.75, 3.05) is 58.0 Å². The Balaban J connectivity index is 1.88. The van der Waals surface area contributed by atoms with Gasteiger partial charge in [0.15, 0.2) is 0 Å². The maximum atomic E-state index is 13.4. The molecule has 20 nitrogen and oxygen atoms in total. The molecular formula is C34H49N8O12+. The van der Waals surface area contributed by atoms with Crippen LogP contribution in [0.1, 0.15) is 38.7 Å². The third-order valence-corrected chi connectivity index (χ3v) is 7.28. The Morgan fingerprint density at radius 1 is 0.870 bits per heavy atom. The second kappa shape index (κ2) is 25.3. The molecule has 2 aromatic rings. The molecule has 0 unspecified atom stereocenters. The molecule has 5 amide bonds. The first-order chi connectivity index (χ1) is 25.9. The van der Waals surface area contributed by atoms with Crippen LogP contribution in [0.5, 0.6) is 5.75 Å². The molecule has 8 N–H and O–H groups in total. The van der Waals surface area contributed by atoms with Crippen LogP contribution in [0.3, 0.4) is 0 Å². The third kappa shape index (κ3) is 18.7. The van der Waals surface area contributed by atoms with Gasteiger partial charge in [0.05, 0.1) is 44.6 Å². The van der Waals surface area contributed by atoms with Gasteiger partial charge in [0.25, 0.3) is 5.69 Å². The normalized spacial score (nSPS) is 11.8. The van der Waals surface area contributed by atoms with Gasteiger partial charge in [-0.25, -0.2) is 9.59 Å². The van der Waals surface area contributed by atoms with E-state index < -0.39 is 46.9 Å². The molecule has 0 spiro atoms. The second-order valence-corrected chi connectivity index (χ2v) is 11.9. The minimum absolute atomic E-state index is 0.00704. The molecule has 0 aromatic heterocycles. The van der Waals surface area contributed by atoms with Crippen molar-refractivity contribution >= 4 is 41.3 Å². The molecule has 2 aromatic carbocycles. The number of ether oxygens (including phenoxy) is 5. The molecular weight excluding hydrogens is 712 g/mol. The molecule has 0 fully saturated rings. The fourth-order valence-corrected chi connectivity index (χ4v) is 4.47. The first kappa shape index (κ1) is 44.4. The number of nitrogens with one attached hydrogen (secondary N) is 4. The molecule has 0 saturated carbocycles. The first-order valence-electron chi connectivity index (χ1n) is 17.1. The molecule has 0 aliphatic rings. The molecule has 0 radical (unpaired) electrons. The summed E-state index contributed by atoms with van der Waals surface area (Å²) in [6, 6.07) is 8.47. The Kier molecular flexibility index (Phi) is 20.8. The maximum absolute atomic E-state index is 13.4. The van der Waals surface area contributed by atoms with E-state index in [0.717, 1.165) is 0 Å². The number of carbonyl (C=O) groups is 5. The number of hydrogen-bond acceptors (Lipinski definition) is 13. The van der Waals surface area contributed by atoms with Gasteiger partial charge in [0.1, 0.15) is 31.0 Å². The summed E-state index contributed by atoms with van der Waals surface area (Å²) in [7, 11) is 0. The van der Waals surface area contributed by atoms with Crippen molar-refractivity contribution in [1.82, 2.24) is 16.0 Å². The molecule has 0 heterocycles. The number of nitrogens with zero attached hydrogens (tertiary/aromatic N) is 2. The van der Waals surface area contributed by atoms with Gasteiger partial charge in [0.2, 0.25) is 17.7 Å². The summed E-state index contributed by atoms with van der Waals surface area (Å²) in [5.41, 5.74) is 10.9. The number of nitro groups is 1. The smallest absolute Gasteiger partial charge is 0.429 e. The number of hydrogen-bond donors (Lipinski definition) is 6. The van der Waals surface area contributed by atoms with Gasteiger partial charge in [-0.05, 0) is 53.7 Å². The number of primary amides is 1. The quantitative estimate of drug-likeness (QED) is 0.0195. The molecule has 296 valence electrons. The summed E-state index contributed by atoms with van der Waals surface area (Å²) in [6.07, 6.45) is -0.603. The summed E-state index contributed by atoms with van der Waals surface area (Å²) < 4.78 is 26.2. The first-order valence-corrected chi connectivity index (χ1v) is 17.1. The summed E-state index contributed by atoms with van der Waals surface area (Å²) in [5.74, 6) is -1.81. The molecule has 0 aliphatic heterocycles. The Hall–Kier alpha value is -5.73. The van der Waals surface area contributed by atoms with Crippen LogP contribution < -0.4 is 37.3 Å². The fourth-order valence-electron chi connectivity index (χ4n) is 4.47. The molecule has 0 bridgehead atoms. The lowest BCUT2D eigenvalue weighted by atomic mass is 10.0. The number of rotatable bonds is 26. The van der Waals surface area contributed by atoms with Gasteiger partial charge >= 0.3 is 12.2 Å². The Morgan fingerprint density at radius 3 is 2.09 bits per heavy atom. The number of nitro benzene ring substituents is 1. The maximum Gasteiger partial charge on any atom is 0.514 e. The van der Waals surface area contributed by atoms with E-state index >= 15 is 0 Å². The van der Waals surface area contributed by atoms with Crippen LogP contribution in [0, 0.1) is 16.0 Å². The van der Waals surface area contributed by atoms with Crippen molar-refractivity contribution in [3.05, 3.63) is 64.2 Å². The number of carbonyl (C=O) groups excluding carboxylic acids is 5. The molecule has 2 atom stereocenters. The molecule has 0 aliphatic carbocycles. The van der Waals surface area contributed by atoms with Gasteiger partial charge in [-0.3, -0.25) is 24.5 Å². The predicted molar refractivity (Wildman–Crippen MR) is 191 cm³/mol. The number of benzene rings is 2. The van der Waals surface area contributed by atoms with Crippen molar-refractivity contribution < 1.29 is 58.1 Å². The van der Waals surface area contributed by atoms with Crippen molar-refractivity contribution in [3.63, 3.8) is 0 Å². The largest absolute Gasteiger partial charge is 0.514 e. The standard InChI is InChI=1S/C34H48N8O12/c1-23(2)30(41-29(43)13-16-50-18-20-52-21-19-51-17-15-38-36)32(45)40-28(4-3-14-37-33(35)46)31(44)39-25-7-5-24(6-8-25)22-53-34(47)54-27-11-9-26(10-12-27)42(48)49/h5-12,23,28,30,36H,3-4,13-22H2,1-2H3,(H,39,44)(H,40,45)(H,41,43)(H3,35,37,46)/p+1/t28-,30-/m0/s1. The van der Waals surface area contributed by atoms with Gasteiger partial charge in [-0.15, -0.1) is 0 Å². The van der Waals surface area contributed by atoms with Gasteiger partial charge in [-0.1, -0.05) is 26.0 Å². The highest BCUT2D eigenvalue weighted by Crippen LogP contribution is 2.18. The minimum atomic E-state index is -1.05. The Bertz CT molecular complexity index is 1510. The van der Waals surface area contributed by atoms with E-state index in [9.17, 15) is 34.1 Å². The lowest BCUT2D eigenvalue weighted by Gasteiger charge is -2.25. The Labute approximate surface area is 311 Å². The van der Waals surface area contributed by atoms with Crippen LogP contribution in [0.15, 0.2) is 53.6 Å². The van der Waals surface area contributed by atoms with Crippen molar-refractivity contribution in [1.29, 1.82) is 0 Å². The summed E-state index contributed by atoms with van der Waals surface area (Å²) in [4.78, 5) is 72.8. The number of anilines is 1. The average Bonchev–Trinajstić information content (AvgIpc) is 3.13. The van der Waals surface area contributed by atoms with Crippen LogP contribution in [0.4, 0.5) is 21.0 Å². The number of urea groups is 1. The molecule has 20 heteroatoms. The van der Waals surface area contributed by atoms with E-state index in [4.69, 9.17) is 34.9 Å². The van der Waals surface area contributed by atoms with Crippen LogP contribution in [0.25, 0.3) is 0 Å². The topological polar surface area (TPSA) is 287 Å². The van der Waals surface area contributed by atoms with E-state index in [0.29, 0.717) is 50.6 Å². The lowest BCUT2D eigenvalue weighted by molar-refractivity contribution is -0.384. The summed E-state index contributed by atoms with van der Waals surface area (Å²) in [6.45, 7) is 5.75. The van der Waals surface area contributed by atoms with Crippen LogP contribution in [-0.2, 0) is 39.9 Å². The van der Waals surface area contributed by atoms with Crippen molar-refractivity contribution in [2.24, 2.45) is 16.8 Å². The van der Waals surface area contributed by atoms with E-state index in [1.165, 1.54) is 24.3 Å². The highest BCUT2D eigenvalue weighted by molar-refractivity contribution is 5.98. The Morgan fingerprint density at radius 2 is 1.50 bits per heavy atom. The highest BCUT2D eigenvalue weighted by atomic mass is 16.7. The van der Waals surface area contributed by atoms with Crippen LogP contribution in [-0.4, -0.2) is 99.6 Å². The second-order valence-electron chi connectivity index (χ2n) is 11.9. The average molecular weight is 762 g/mol. The number of nitrogens with two attached hydrogens (primary N) is 2. The van der Waals surface area contributed by atoms with Gasteiger partial charge in [-0.2, -0.15) is 5.53 Å². The molecule has 0 saturated heterocycles. The number of amides is 5. The predicted octanol–water partition coefficient (Wildman–Crippen LogP) is 0.974. The minimum Gasteiger partial charge on any atom is -0.429 e. The molecule has 2 rings (SSSR count). The van der Waals surface area contributed by atoms with E-state index in [2.05, 4.69) is 26.4 Å². The third-order valence-electron chi connectivity index (χ3n) is 7.28. The summed E-state index contributed by atoms with van der Waals surface area (Å²) in [5, 5.41) is 24.8. The zero-order valence-corrected chi connectivity index (χ0v) is 30.3. The van der Waals surface area contributed by atoms with E-state index in [1.54, 1.807) is 38.1 Å². The fraction of sp³-hybridized carbons (Fsp3) is 0.500. The summed E-state index contributed by atoms with van der Waals surface area (Å²) >= 11 is 0. The van der Waals surface area contributed by atoms with Gasteiger partial charge in [0, 0.05) is 30.8 Å². The van der Waals surface area contributed by atoms with Crippen molar-refractivity contribution in [2.45, 2.75) is 51.8 Å². The van der Waals surface area contributed by atoms with Gasteiger partial charge < -0.3 is 50.7 Å². The zero-order chi connectivity index (χ0) is 39.7. The van der Waals surface area contributed by atoms with Crippen LogP contribution >= 0.6 is 0 Å². The monoisotopic (exact) mass is 761 g/mol. The van der Waals surface area contributed by atoms with Crippen LogP contribution in [0.2, 0.25) is 0 Å². The SMILES string of the molecule is CC(C)[C@H](NC(=O)CCOCCOCCOCCN=[NH2+])C(=O)N[C@@H](CCCNC(N)=O)C(=O)Nc1ccc(COC(=O)Oc2ccc([N+](=O)[O-])cc2)cc1. The highest BCUT2D eigenvalue weighted by Gasteiger charge is 2.29. The van der Waals surface area contributed by atoms with Crippen molar-refractivity contribution in [3.8, 4) is 5.75 Å². The lowest BCUT2D eigenvalue weighted by Crippen LogP contribution is -2.54. The number of non-ortho nitro benzene ring substituents is 1.